The van der Waals surface area contributed by atoms with Gasteiger partial charge in [-0.25, -0.2) is 10.2 Å². The maximum atomic E-state index is 12.1. The third-order valence-electron chi connectivity index (χ3n) is 5.92. The van der Waals surface area contributed by atoms with Gasteiger partial charge in [-0.05, 0) is 62.3 Å². The number of hydrazone groups is 1. The van der Waals surface area contributed by atoms with Crippen molar-refractivity contribution in [2.24, 2.45) is 5.10 Å². The van der Waals surface area contributed by atoms with Crippen molar-refractivity contribution in [3.8, 4) is 11.5 Å². The number of pyridine rings is 1. The minimum atomic E-state index is -0.471. The number of urea groups is 1. The average molecular weight is 497 g/mol. The molecule has 5 N–H and O–H groups in total. The predicted octanol–water partition coefficient (Wildman–Crippen LogP) is 4.03. The van der Waals surface area contributed by atoms with Crippen molar-refractivity contribution in [2.75, 3.05) is 31.5 Å². The van der Waals surface area contributed by atoms with E-state index in [1.54, 1.807) is 18.3 Å². The molecule has 10 heteroatoms. The summed E-state index contributed by atoms with van der Waals surface area (Å²) in [6.07, 6.45) is 6.50. The van der Waals surface area contributed by atoms with E-state index >= 15 is 0 Å². The highest BCUT2D eigenvalue weighted by Crippen LogP contribution is 2.31. The van der Waals surface area contributed by atoms with Crippen molar-refractivity contribution in [1.29, 1.82) is 0 Å². The van der Waals surface area contributed by atoms with Crippen molar-refractivity contribution in [2.45, 2.75) is 25.8 Å². The third-order valence-corrected chi connectivity index (χ3v) is 6.16. The molecular weight excluding hydrogens is 468 g/mol. The second-order valence-electron chi connectivity index (χ2n) is 8.41. The average Bonchev–Trinajstić information content (AvgIpc) is 2.86. The van der Waals surface area contributed by atoms with E-state index in [2.05, 4.69) is 31.0 Å². The molecule has 1 aliphatic rings. The molecule has 0 saturated carbocycles. The van der Waals surface area contributed by atoms with Crippen molar-refractivity contribution in [3.05, 3.63) is 58.7 Å². The van der Waals surface area contributed by atoms with Gasteiger partial charge < -0.3 is 20.8 Å². The molecule has 2 aromatic carbocycles. The summed E-state index contributed by atoms with van der Waals surface area (Å²) in [6, 6.07) is 9.99. The molecule has 184 valence electrons. The van der Waals surface area contributed by atoms with Crippen LogP contribution in [0.15, 0.2) is 47.7 Å². The zero-order valence-electron chi connectivity index (χ0n) is 19.3. The number of nitrogens with one attached hydrogen (secondary N) is 3. The van der Waals surface area contributed by atoms with E-state index in [1.165, 1.54) is 18.7 Å². The van der Waals surface area contributed by atoms with Gasteiger partial charge in [0.15, 0.2) is 0 Å². The fraction of sp³-hybridized carbons (Fsp3) is 0.320. The second kappa shape index (κ2) is 11.7. The van der Waals surface area contributed by atoms with Crippen LogP contribution in [0, 0.1) is 0 Å². The molecule has 0 spiro atoms. The van der Waals surface area contributed by atoms with Crippen LogP contribution in [0.4, 0.5) is 10.5 Å². The highest BCUT2D eigenvalue weighted by molar-refractivity contribution is 6.31. The lowest BCUT2D eigenvalue weighted by Gasteiger charge is -2.27. The molecule has 4 rings (SSSR count). The second-order valence-corrected chi connectivity index (χ2v) is 8.85. The van der Waals surface area contributed by atoms with E-state index in [-0.39, 0.29) is 11.5 Å². The van der Waals surface area contributed by atoms with E-state index in [4.69, 9.17) is 11.6 Å². The number of hydrogen-bond donors (Lipinski definition) is 5. The van der Waals surface area contributed by atoms with Gasteiger partial charge in [0.1, 0.15) is 11.5 Å². The van der Waals surface area contributed by atoms with Crippen molar-refractivity contribution in [3.63, 3.8) is 0 Å². The lowest BCUT2D eigenvalue weighted by atomic mass is 10.1. The Balaban J connectivity index is 1.25. The number of anilines is 1. The van der Waals surface area contributed by atoms with Crippen molar-refractivity contribution in [1.82, 2.24) is 20.6 Å². The van der Waals surface area contributed by atoms with Crippen LogP contribution in [0.25, 0.3) is 10.9 Å². The Morgan fingerprint density at radius 1 is 1.11 bits per heavy atom. The maximum absolute atomic E-state index is 12.1. The zero-order chi connectivity index (χ0) is 24.6. The van der Waals surface area contributed by atoms with Gasteiger partial charge in [0.25, 0.3) is 0 Å². The number of rotatable bonds is 8. The summed E-state index contributed by atoms with van der Waals surface area (Å²) in [5.74, 6) is 0.0186. The smallest absolute Gasteiger partial charge is 0.335 e. The van der Waals surface area contributed by atoms with Crippen molar-refractivity contribution < 1.29 is 15.0 Å². The van der Waals surface area contributed by atoms with E-state index in [1.807, 2.05) is 18.2 Å². The van der Waals surface area contributed by atoms with Crippen LogP contribution < -0.4 is 16.1 Å². The van der Waals surface area contributed by atoms with Crippen molar-refractivity contribution >= 4 is 40.4 Å². The number of halogens is 1. The molecule has 0 aliphatic carbocycles. The lowest BCUT2D eigenvalue weighted by molar-refractivity contribution is 0.216. The molecular formula is C25H29ClN6O3. The number of carbonyl (C=O) groups excluding carboxylic acids is 1. The molecule has 2 amide bonds. The third kappa shape index (κ3) is 6.52. The minimum absolute atomic E-state index is 0.0309. The molecule has 2 heterocycles. The number of aromatic hydroxyl groups is 2. The fourth-order valence-corrected chi connectivity index (χ4v) is 4.26. The topological polar surface area (TPSA) is 122 Å². The van der Waals surface area contributed by atoms with Gasteiger partial charge in [-0.15, -0.1) is 0 Å². The molecule has 1 aliphatic heterocycles. The molecule has 0 atom stereocenters. The monoisotopic (exact) mass is 496 g/mol. The van der Waals surface area contributed by atoms with Crippen LogP contribution in [0.1, 0.15) is 30.4 Å². The number of phenols is 2. The normalized spacial score (nSPS) is 14.3. The summed E-state index contributed by atoms with van der Waals surface area (Å²) in [5.41, 5.74) is 4.97. The number of aromatic nitrogens is 1. The predicted molar refractivity (Wildman–Crippen MR) is 138 cm³/mol. The van der Waals surface area contributed by atoms with Crippen LogP contribution in [0.3, 0.4) is 0 Å². The first-order chi connectivity index (χ1) is 17.0. The van der Waals surface area contributed by atoms with Crippen LogP contribution in [-0.4, -0.2) is 58.5 Å². The van der Waals surface area contributed by atoms with Gasteiger partial charge in [0.2, 0.25) is 0 Å². The van der Waals surface area contributed by atoms with E-state index in [9.17, 15) is 15.0 Å². The Hall–Kier alpha value is -3.56. The number of hydrogen-bond acceptors (Lipinski definition) is 7. The standard InChI is InChI=1S/C25H29ClN6O3/c26-18-5-6-19-21(8-9-27-22(19)14-18)28-10-11-29-25(35)31-30-15-17-4-7-23(33)20(24(17)34)16-32-12-2-1-3-13-32/h4-9,14-15,33-34H,1-3,10-13,16H2,(H,27,28)(H2,29,31,35)/b30-15+. The number of benzene rings is 2. The molecule has 0 bridgehead atoms. The quantitative estimate of drug-likeness (QED) is 0.182. The Morgan fingerprint density at radius 2 is 1.94 bits per heavy atom. The van der Waals surface area contributed by atoms with Crippen LogP contribution in [0.5, 0.6) is 11.5 Å². The van der Waals surface area contributed by atoms with Gasteiger partial charge in [0, 0.05) is 47.5 Å². The highest BCUT2D eigenvalue weighted by Gasteiger charge is 2.17. The summed E-state index contributed by atoms with van der Waals surface area (Å²) in [6.45, 7) is 3.22. The first-order valence-electron chi connectivity index (χ1n) is 11.6. The molecule has 0 radical (unpaired) electrons. The summed E-state index contributed by atoms with van der Waals surface area (Å²) >= 11 is 6.02. The molecule has 1 aromatic heterocycles. The molecule has 9 nitrogen and oxygen atoms in total. The van der Waals surface area contributed by atoms with Crippen LogP contribution >= 0.6 is 11.6 Å². The SMILES string of the molecule is O=C(NCCNc1ccnc2cc(Cl)ccc12)N/N=C/c1ccc(O)c(CN2CCCCC2)c1O. The summed E-state index contributed by atoms with van der Waals surface area (Å²) in [4.78, 5) is 18.6. The first kappa shape index (κ1) is 24.6. The number of likely N-dealkylation sites (tertiary alicyclic amines) is 1. The highest BCUT2D eigenvalue weighted by atomic mass is 35.5. The van der Waals surface area contributed by atoms with Gasteiger partial charge in [-0.2, -0.15) is 5.10 Å². The largest absolute Gasteiger partial charge is 0.507 e. The fourth-order valence-electron chi connectivity index (χ4n) is 4.09. The lowest BCUT2D eigenvalue weighted by Crippen LogP contribution is -2.35. The Morgan fingerprint density at radius 3 is 2.77 bits per heavy atom. The zero-order valence-corrected chi connectivity index (χ0v) is 20.1. The molecule has 1 fully saturated rings. The van der Waals surface area contributed by atoms with Gasteiger partial charge in [-0.3, -0.25) is 9.88 Å². The van der Waals surface area contributed by atoms with E-state index in [0.717, 1.165) is 42.5 Å². The van der Waals surface area contributed by atoms with Gasteiger partial charge >= 0.3 is 6.03 Å². The van der Waals surface area contributed by atoms with E-state index in [0.29, 0.717) is 35.8 Å². The minimum Gasteiger partial charge on any atom is -0.507 e. The molecule has 3 aromatic rings. The van der Waals surface area contributed by atoms with Crippen LogP contribution in [0.2, 0.25) is 5.02 Å². The number of nitrogens with zero attached hydrogens (tertiary/aromatic N) is 3. The molecule has 0 unspecified atom stereocenters. The van der Waals surface area contributed by atoms with Gasteiger partial charge in [-0.1, -0.05) is 18.0 Å². The first-order valence-corrected chi connectivity index (χ1v) is 12.0. The number of phenolic OH excluding ortho intramolecular Hbond substituents is 2. The van der Waals surface area contributed by atoms with Gasteiger partial charge in [0.05, 0.1) is 17.3 Å². The number of amides is 2. The summed E-state index contributed by atoms with van der Waals surface area (Å²) < 4.78 is 0. The van der Waals surface area contributed by atoms with E-state index < -0.39 is 6.03 Å². The number of fused-ring (bicyclic) bond motifs is 1. The maximum Gasteiger partial charge on any atom is 0.335 e. The summed E-state index contributed by atoms with van der Waals surface area (Å²) in [5, 5.41) is 32.3. The molecule has 1 saturated heterocycles. The van der Waals surface area contributed by atoms with Crippen LogP contribution in [-0.2, 0) is 6.54 Å². The Bertz CT molecular complexity index is 1210. The Labute approximate surface area is 208 Å². The Kier molecular flexibility index (Phi) is 8.23. The number of carbonyl (C=O) groups is 1. The summed E-state index contributed by atoms with van der Waals surface area (Å²) in [7, 11) is 0. The molecule has 35 heavy (non-hydrogen) atoms. The number of piperidine rings is 1.